The van der Waals surface area contributed by atoms with Gasteiger partial charge in [-0.3, -0.25) is 0 Å². The number of ether oxygens (including phenoxy) is 1. The zero-order chi connectivity index (χ0) is 14.8. The zero-order valence-electron chi connectivity index (χ0n) is 10.5. The summed E-state index contributed by atoms with van der Waals surface area (Å²) in [5, 5.41) is 0. The first kappa shape index (κ1) is 14.2. The molecule has 20 heavy (non-hydrogen) atoms. The first-order chi connectivity index (χ1) is 9.43. The fourth-order valence-electron chi connectivity index (χ4n) is 1.74. The quantitative estimate of drug-likeness (QED) is 0.795. The van der Waals surface area contributed by atoms with Crippen molar-refractivity contribution in [3.8, 4) is 11.3 Å². The second kappa shape index (κ2) is 5.40. The largest absolute Gasteiger partial charge is 0.460 e. The Kier molecular flexibility index (Phi) is 3.83. The third-order valence-corrected chi connectivity index (χ3v) is 2.58. The standard InChI is InChI=1S/C14H11F3O3/c1-2-19-13(18)12-8-7-11(20-12)9-5-3-4-6-10(9)14(15,16)17/h3-8H,2H2,1H3. The van der Waals surface area contributed by atoms with Gasteiger partial charge in [-0.2, -0.15) is 13.2 Å². The minimum atomic E-state index is -4.49. The fraction of sp³-hybridized carbons (Fsp3) is 0.214. The third kappa shape index (κ3) is 2.84. The molecule has 0 spiro atoms. The summed E-state index contributed by atoms with van der Waals surface area (Å²) in [5.74, 6) is -0.858. The second-order valence-electron chi connectivity index (χ2n) is 3.93. The predicted octanol–water partition coefficient (Wildman–Crippen LogP) is 4.14. The van der Waals surface area contributed by atoms with Crippen LogP contribution in [-0.2, 0) is 10.9 Å². The highest BCUT2D eigenvalue weighted by molar-refractivity contribution is 5.87. The van der Waals surface area contributed by atoms with Crippen molar-refractivity contribution in [3.05, 3.63) is 47.7 Å². The van der Waals surface area contributed by atoms with Crippen molar-refractivity contribution in [2.24, 2.45) is 0 Å². The van der Waals surface area contributed by atoms with E-state index in [2.05, 4.69) is 0 Å². The Balaban J connectivity index is 2.41. The Morgan fingerprint density at radius 3 is 2.55 bits per heavy atom. The molecular formula is C14H11F3O3. The number of carbonyl (C=O) groups excluding carboxylic acids is 1. The molecule has 106 valence electrons. The average Bonchev–Trinajstić information content (AvgIpc) is 2.87. The molecule has 0 aliphatic heterocycles. The lowest BCUT2D eigenvalue weighted by molar-refractivity contribution is -0.137. The summed E-state index contributed by atoms with van der Waals surface area (Å²) in [7, 11) is 0. The molecule has 0 saturated heterocycles. The number of benzene rings is 1. The summed E-state index contributed by atoms with van der Waals surface area (Å²) in [4.78, 5) is 11.4. The Morgan fingerprint density at radius 2 is 1.90 bits per heavy atom. The molecule has 2 aromatic rings. The van der Waals surface area contributed by atoms with Crippen molar-refractivity contribution in [1.82, 2.24) is 0 Å². The number of hydrogen-bond donors (Lipinski definition) is 0. The van der Waals surface area contributed by atoms with Crippen LogP contribution in [0.5, 0.6) is 0 Å². The van der Waals surface area contributed by atoms with Gasteiger partial charge in [-0.1, -0.05) is 18.2 Å². The molecule has 0 aliphatic rings. The molecule has 0 N–H and O–H groups in total. The summed E-state index contributed by atoms with van der Waals surface area (Å²) >= 11 is 0. The van der Waals surface area contributed by atoms with Crippen molar-refractivity contribution in [3.63, 3.8) is 0 Å². The zero-order valence-corrected chi connectivity index (χ0v) is 10.5. The number of carbonyl (C=O) groups is 1. The molecule has 0 fully saturated rings. The van der Waals surface area contributed by atoms with Gasteiger partial charge in [0.05, 0.1) is 12.2 Å². The molecule has 0 amide bonds. The lowest BCUT2D eigenvalue weighted by Crippen LogP contribution is -2.06. The Labute approximate surface area is 113 Å². The molecule has 3 nitrogen and oxygen atoms in total. The molecule has 2 rings (SSSR count). The van der Waals surface area contributed by atoms with Crippen molar-refractivity contribution in [1.29, 1.82) is 0 Å². The van der Waals surface area contributed by atoms with E-state index >= 15 is 0 Å². The van der Waals surface area contributed by atoms with E-state index in [-0.39, 0.29) is 23.7 Å². The maximum Gasteiger partial charge on any atom is 0.417 e. The number of rotatable bonds is 3. The summed E-state index contributed by atoms with van der Waals surface area (Å²) in [6.07, 6.45) is -4.49. The van der Waals surface area contributed by atoms with E-state index in [4.69, 9.17) is 9.15 Å². The van der Waals surface area contributed by atoms with E-state index in [1.165, 1.54) is 30.3 Å². The molecule has 0 bridgehead atoms. The Morgan fingerprint density at radius 1 is 1.20 bits per heavy atom. The normalized spacial score (nSPS) is 11.4. The average molecular weight is 284 g/mol. The van der Waals surface area contributed by atoms with Crippen LogP contribution in [-0.4, -0.2) is 12.6 Å². The third-order valence-electron chi connectivity index (χ3n) is 2.58. The lowest BCUT2D eigenvalue weighted by atomic mass is 10.1. The molecular weight excluding hydrogens is 273 g/mol. The van der Waals surface area contributed by atoms with Crippen LogP contribution in [0.15, 0.2) is 40.8 Å². The molecule has 0 radical (unpaired) electrons. The van der Waals surface area contributed by atoms with Crippen LogP contribution in [0, 0.1) is 0 Å². The second-order valence-corrected chi connectivity index (χ2v) is 3.93. The van der Waals surface area contributed by atoms with Crippen molar-refractivity contribution in [2.75, 3.05) is 6.61 Å². The SMILES string of the molecule is CCOC(=O)c1ccc(-c2ccccc2C(F)(F)F)o1. The van der Waals surface area contributed by atoms with Crippen LogP contribution < -0.4 is 0 Å². The first-order valence-electron chi connectivity index (χ1n) is 5.87. The van der Waals surface area contributed by atoms with Gasteiger partial charge < -0.3 is 9.15 Å². The molecule has 0 saturated carbocycles. The van der Waals surface area contributed by atoms with Crippen molar-refractivity contribution in [2.45, 2.75) is 13.1 Å². The van der Waals surface area contributed by atoms with E-state index in [0.29, 0.717) is 0 Å². The minimum absolute atomic E-state index is 0.0269. The topological polar surface area (TPSA) is 39.4 Å². The van der Waals surface area contributed by atoms with E-state index in [1.807, 2.05) is 0 Å². The highest BCUT2D eigenvalue weighted by Gasteiger charge is 2.34. The summed E-state index contributed by atoms with van der Waals surface area (Å²) in [6.45, 7) is 1.79. The summed E-state index contributed by atoms with van der Waals surface area (Å²) in [5.41, 5.74) is -0.930. The smallest absolute Gasteiger partial charge is 0.417 e. The van der Waals surface area contributed by atoms with Gasteiger partial charge in [0.15, 0.2) is 0 Å². The number of hydrogen-bond acceptors (Lipinski definition) is 3. The van der Waals surface area contributed by atoms with E-state index in [0.717, 1.165) is 6.07 Å². The summed E-state index contributed by atoms with van der Waals surface area (Å²) in [6, 6.07) is 7.62. The van der Waals surface area contributed by atoms with Crippen LogP contribution in [0.2, 0.25) is 0 Å². The fourth-order valence-corrected chi connectivity index (χ4v) is 1.74. The van der Waals surface area contributed by atoms with Gasteiger partial charge in [-0.05, 0) is 25.1 Å². The van der Waals surface area contributed by atoms with E-state index in [9.17, 15) is 18.0 Å². The predicted molar refractivity (Wildman–Crippen MR) is 65.1 cm³/mol. The van der Waals surface area contributed by atoms with Gasteiger partial charge in [0.2, 0.25) is 5.76 Å². The molecule has 0 aliphatic carbocycles. The maximum absolute atomic E-state index is 12.9. The molecule has 1 heterocycles. The van der Waals surface area contributed by atoms with Crippen molar-refractivity contribution >= 4 is 5.97 Å². The van der Waals surface area contributed by atoms with Gasteiger partial charge in [-0.25, -0.2) is 4.79 Å². The molecule has 0 atom stereocenters. The first-order valence-corrected chi connectivity index (χ1v) is 5.87. The molecule has 1 aromatic carbocycles. The number of furan rings is 1. The molecule has 0 unspecified atom stereocenters. The Bertz CT molecular complexity index is 614. The lowest BCUT2D eigenvalue weighted by Gasteiger charge is -2.10. The van der Waals surface area contributed by atoms with Gasteiger partial charge in [0, 0.05) is 5.56 Å². The molecule has 1 aromatic heterocycles. The monoisotopic (exact) mass is 284 g/mol. The van der Waals surface area contributed by atoms with Crippen LogP contribution in [0.1, 0.15) is 23.0 Å². The number of esters is 1. The number of halogens is 3. The van der Waals surface area contributed by atoms with Crippen LogP contribution in [0.3, 0.4) is 0 Å². The number of alkyl halides is 3. The minimum Gasteiger partial charge on any atom is -0.460 e. The molecule has 6 heteroatoms. The van der Waals surface area contributed by atoms with E-state index < -0.39 is 17.7 Å². The van der Waals surface area contributed by atoms with Crippen LogP contribution in [0.4, 0.5) is 13.2 Å². The van der Waals surface area contributed by atoms with Gasteiger partial charge in [0.1, 0.15) is 5.76 Å². The Hall–Kier alpha value is -2.24. The van der Waals surface area contributed by atoms with Gasteiger partial charge in [0.25, 0.3) is 0 Å². The van der Waals surface area contributed by atoms with Gasteiger partial charge >= 0.3 is 12.1 Å². The van der Waals surface area contributed by atoms with Gasteiger partial charge in [-0.15, -0.1) is 0 Å². The summed E-state index contributed by atoms with van der Waals surface area (Å²) < 4.78 is 48.5. The maximum atomic E-state index is 12.9. The highest BCUT2D eigenvalue weighted by atomic mass is 19.4. The van der Waals surface area contributed by atoms with Crippen LogP contribution >= 0.6 is 0 Å². The van der Waals surface area contributed by atoms with Crippen molar-refractivity contribution < 1.29 is 27.1 Å². The van der Waals surface area contributed by atoms with E-state index in [1.54, 1.807) is 6.92 Å². The van der Waals surface area contributed by atoms with Crippen LogP contribution in [0.25, 0.3) is 11.3 Å². The highest BCUT2D eigenvalue weighted by Crippen LogP contribution is 2.37.